The zero-order chi connectivity index (χ0) is 10.8. The summed E-state index contributed by atoms with van der Waals surface area (Å²) in [7, 11) is 0. The molecule has 1 aromatic heterocycles. The van der Waals surface area contributed by atoms with Gasteiger partial charge in [-0.05, 0) is 19.1 Å². The molecule has 0 saturated carbocycles. The van der Waals surface area contributed by atoms with E-state index in [4.69, 9.17) is 0 Å². The molecule has 0 unspecified atom stereocenters. The molecule has 0 atom stereocenters. The highest BCUT2D eigenvalue weighted by atomic mass is 32.1. The summed E-state index contributed by atoms with van der Waals surface area (Å²) in [6, 6.07) is 4.53. The Morgan fingerprint density at radius 2 is 2.27 bits per heavy atom. The molecule has 0 amide bonds. The molecule has 76 valence electrons. The molecular weight excluding hydrogens is 213 g/mol. The van der Waals surface area contributed by atoms with E-state index in [9.17, 15) is 9.18 Å². The van der Waals surface area contributed by atoms with Crippen molar-refractivity contribution in [1.29, 1.82) is 0 Å². The van der Waals surface area contributed by atoms with Gasteiger partial charge in [-0.1, -0.05) is 6.07 Å². The van der Waals surface area contributed by atoms with Crippen molar-refractivity contribution < 1.29 is 9.18 Å². The minimum Gasteiger partial charge on any atom is -0.294 e. The highest BCUT2D eigenvalue weighted by molar-refractivity contribution is 7.07. The third kappa shape index (κ3) is 1.94. The van der Waals surface area contributed by atoms with E-state index in [1.54, 1.807) is 11.6 Å². The van der Waals surface area contributed by atoms with Crippen LogP contribution in [0.1, 0.15) is 17.3 Å². The number of carbonyl (C=O) groups excluding carboxylic acids is 1. The first-order chi connectivity index (χ1) is 7.18. The van der Waals surface area contributed by atoms with Gasteiger partial charge in [-0.15, -0.1) is 11.3 Å². The molecule has 0 radical (unpaired) electrons. The van der Waals surface area contributed by atoms with Crippen LogP contribution in [0.3, 0.4) is 0 Å². The van der Waals surface area contributed by atoms with Gasteiger partial charge >= 0.3 is 0 Å². The van der Waals surface area contributed by atoms with Crippen LogP contribution in [0.15, 0.2) is 29.1 Å². The van der Waals surface area contributed by atoms with Gasteiger partial charge in [0.1, 0.15) is 5.82 Å². The Bertz CT molecular complexity index is 493. The molecule has 0 bridgehead atoms. The first-order valence-electron chi connectivity index (χ1n) is 4.37. The van der Waals surface area contributed by atoms with Gasteiger partial charge < -0.3 is 0 Å². The van der Waals surface area contributed by atoms with E-state index in [0.29, 0.717) is 5.56 Å². The summed E-state index contributed by atoms with van der Waals surface area (Å²) in [6.45, 7) is 1.35. The number of aromatic nitrogens is 1. The SMILES string of the molecule is CC(=O)c1ccc(-c2cscn2)cc1F. The zero-order valence-electron chi connectivity index (χ0n) is 8.03. The summed E-state index contributed by atoms with van der Waals surface area (Å²) in [5.74, 6) is -0.759. The minimum absolute atomic E-state index is 0.119. The molecule has 4 heteroatoms. The van der Waals surface area contributed by atoms with E-state index in [1.165, 1.54) is 30.4 Å². The highest BCUT2D eigenvalue weighted by Gasteiger charge is 2.09. The first kappa shape index (κ1) is 9.98. The predicted molar refractivity (Wildman–Crippen MR) is 57.5 cm³/mol. The second kappa shape index (κ2) is 3.90. The topological polar surface area (TPSA) is 30.0 Å². The van der Waals surface area contributed by atoms with Crippen molar-refractivity contribution >= 4 is 17.1 Å². The van der Waals surface area contributed by atoms with Crippen LogP contribution in [0.4, 0.5) is 4.39 Å². The molecule has 0 saturated heterocycles. The van der Waals surface area contributed by atoms with Crippen LogP contribution in [0, 0.1) is 5.82 Å². The maximum Gasteiger partial charge on any atom is 0.162 e. The lowest BCUT2D eigenvalue weighted by Crippen LogP contribution is -1.96. The van der Waals surface area contributed by atoms with Crippen LogP contribution >= 0.6 is 11.3 Å². The Morgan fingerprint density at radius 3 is 2.80 bits per heavy atom. The summed E-state index contributed by atoms with van der Waals surface area (Å²) in [5.41, 5.74) is 3.23. The molecule has 1 heterocycles. The van der Waals surface area contributed by atoms with Crippen molar-refractivity contribution in [1.82, 2.24) is 4.98 Å². The lowest BCUT2D eigenvalue weighted by Gasteiger charge is -2.01. The summed E-state index contributed by atoms with van der Waals surface area (Å²) in [6.07, 6.45) is 0. The fraction of sp³-hybridized carbons (Fsp3) is 0.0909. The van der Waals surface area contributed by atoms with Crippen LogP contribution in [0.25, 0.3) is 11.3 Å². The fourth-order valence-electron chi connectivity index (χ4n) is 1.32. The fourth-order valence-corrected chi connectivity index (χ4v) is 1.88. The van der Waals surface area contributed by atoms with Crippen molar-refractivity contribution in [3.05, 3.63) is 40.5 Å². The van der Waals surface area contributed by atoms with Crippen LogP contribution < -0.4 is 0 Å². The van der Waals surface area contributed by atoms with E-state index in [0.717, 1.165) is 5.69 Å². The van der Waals surface area contributed by atoms with Gasteiger partial charge in [0.05, 0.1) is 16.8 Å². The molecule has 15 heavy (non-hydrogen) atoms. The molecule has 0 aliphatic rings. The molecule has 0 aliphatic heterocycles. The van der Waals surface area contributed by atoms with E-state index >= 15 is 0 Å². The van der Waals surface area contributed by atoms with Crippen molar-refractivity contribution in [2.45, 2.75) is 6.92 Å². The summed E-state index contributed by atoms with van der Waals surface area (Å²) in [5, 5.41) is 1.84. The van der Waals surface area contributed by atoms with Crippen LogP contribution in [-0.4, -0.2) is 10.8 Å². The number of halogens is 1. The maximum atomic E-state index is 13.4. The quantitative estimate of drug-likeness (QED) is 0.729. The Morgan fingerprint density at radius 1 is 1.47 bits per heavy atom. The molecule has 0 aliphatic carbocycles. The summed E-state index contributed by atoms with van der Waals surface area (Å²) in [4.78, 5) is 15.1. The van der Waals surface area contributed by atoms with Crippen LogP contribution in [-0.2, 0) is 0 Å². The van der Waals surface area contributed by atoms with E-state index in [2.05, 4.69) is 4.98 Å². The minimum atomic E-state index is -0.493. The molecule has 2 rings (SSSR count). The molecule has 0 fully saturated rings. The van der Waals surface area contributed by atoms with E-state index < -0.39 is 5.82 Å². The van der Waals surface area contributed by atoms with Crippen LogP contribution in [0.2, 0.25) is 0 Å². The molecule has 2 nitrogen and oxygen atoms in total. The van der Waals surface area contributed by atoms with Crippen molar-refractivity contribution in [3.63, 3.8) is 0 Å². The molecular formula is C11H8FNOS. The lowest BCUT2D eigenvalue weighted by molar-refractivity contribution is 0.101. The third-order valence-corrected chi connectivity index (χ3v) is 2.66. The van der Waals surface area contributed by atoms with Crippen LogP contribution in [0.5, 0.6) is 0 Å². The maximum absolute atomic E-state index is 13.4. The Labute approximate surface area is 90.4 Å². The number of hydrogen-bond acceptors (Lipinski definition) is 3. The number of rotatable bonds is 2. The molecule has 0 N–H and O–H groups in total. The Balaban J connectivity index is 2.47. The predicted octanol–water partition coefficient (Wildman–Crippen LogP) is 3.15. The number of hydrogen-bond donors (Lipinski definition) is 0. The standard InChI is InChI=1S/C11H8FNOS/c1-7(14)9-3-2-8(4-10(9)12)11-5-15-6-13-11/h2-6H,1H3. The Kier molecular flexibility index (Phi) is 2.60. The second-order valence-electron chi connectivity index (χ2n) is 3.12. The van der Waals surface area contributed by atoms with Gasteiger partial charge in [-0.25, -0.2) is 9.37 Å². The van der Waals surface area contributed by atoms with Crippen molar-refractivity contribution in [2.75, 3.05) is 0 Å². The second-order valence-corrected chi connectivity index (χ2v) is 3.84. The number of thiazole rings is 1. The number of carbonyl (C=O) groups is 1. The molecule has 1 aromatic carbocycles. The smallest absolute Gasteiger partial charge is 0.162 e. The highest BCUT2D eigenvalue weighted by Crippen LogP contribution is 2.21. The number of ketones is 1. The molecule has 0 spiro atoms. The van der Waals surface area contributed by atoms with Gasteiger partial charge in [-0.3, -0.25) is 4.79 Å². The van der Waals surface area contributed by atoms with E-state index in [-0.39, 0.29) is 11.3 Å². The summed E-state index contributed by atoms with van der Waals surface area (Å²) >= 11 is 1.45. The monoisotopic (exact) mass is 221 g/mol. The van der Waals surface area contributed by atoms with Crippen molar-refractivity contribution in [2.24, 2.45) is 0 Å². The largest absolute Gasteiger partial charge is 0.294 e. The normalized spacial score (nSPS) is 10.3. The third-order valence-electron chi connectivity index (χ3n) is 2.08. The van der Waals surface area contributed by atoms with Gasteiger partial charge in [0.15, 0.2) is 5.78 Å². The number of benzene rings is 1. The van der Waals surface area contributed by atoms with Gasteiger partial charge in [0.2, 0.25) is 0 Å². The van der Waals surface area contributed by atoms with Gasteiger partial charge in [0, 0.05) is 10.9 Å². The first-order valence-corrected chi connectivity index (χ1v) is 5.32. The number of Topliss-reactive ketones (excluding diaryl/α,β-unsaturated/α-hetero) is 1. The number of nitrogens with zero attached hydrogens (tertiary/aromatic N) is 1. The Hall–Kier alpha value is -1.55. The van der Waals surface area contributed by atoms with E-state index in [1.807, 2.05) is 5.38 Å². The zero-order valence-corrected chi connectivity index (χ0v) is 8.84. The lowest BCUT2D eigenvalue weighted by atomic mass is 10.1. The van der Waals surface area contributed by atoms with Gasteiger partial charge in [-0.2, -0.15) is 0 Å². The molecule has 2 aromatic rings. The van der Waals surface area contributed by atoms with Crippen molar-refractivity contribution in [3.8, 4) is 11.3 Å². The summed E-state index contributed by atoms with van der Waals surface area (Å²) < 4.78 is 13.4. The average molecular weight is 221 g/mol. The van der Waals surface area contributed by atoms with Gasteiger partial charge in [0.25, 0.3) is 0 Å². The average Bonchev–Trinajstić information content (AvgIpc) is 2.69.